The first-order valence-electron chi connectivity index (χ1n) is 10.8. The van der Waals surface area contributed by atoms with Crippen molar-refractivity contribution in [3.63, 3.8) is 0 Å². The van der Waals surface area contributed by atoms with Crippen molar-refractivity contribution in [3.8, 4) is 5.88 Å². The van der Waals surface area contributed by atoms with Gasteiger partial charge < -0.3 is 18.9 Å². The molecule has 1 aromatic rings. The van der Waals surface area contributed by atoms with Gasteiger partial charge in [-0.25, -0.2) is 9.78 Å². The molecule has 1 aliphatic carbocycles. The summed E-state index contributed by atoms with van der Waals surface area (Å²) in [6, 6.07) is 3.31. The third-order valence-corrected chi connectivity index (χ3v) is 7.52. The molecule has 1 aromatic heterocycles. The molecule has 1 spiro atoms. The minimum atomic E-state index is -0.779. The van der Waals surface area contributed by atoms with Crippen molar-refractivity contribution in [2.24, 2.45) is 23.7 Å². The topological polar surface area (TPSA) is 81.2 Å². The molecule has 5 aliphatic rings. The van der Waals surface area contributed by atoms with Gasteiger partial charge in [0, 0.05) is 24.3 Å². The Balaban J connectivity index is 1.27. The molecule has 166 valence electrons. The van der Waals surface area contributed by atoms with E-state index < -0.39 is 24.0 Å². The van der Waals surface area contributed by atoms with Crippen LogP contribution < -0.4 is 4.74 Å². The third-order valence-electron chi connectivity index (χ3n) is 7.32. The van der Waals surface area contributed by atoms with Crippen molar-refractivity contribution in [3.05, 3.63) is 17.3 Å². The Bertz CT molecular complexity index is 768. The van der Waals surface area contributed by atoms with Gasteiger partial charge in [0.2, 0.25) is 11.7 Å². The molecule has 0 amide bonds. The lowest BCUT2D eigenvalue weighted by atomic mass is 9.58. The summed E-state index contributed by atoms with van der Waals surface area (Å²) in [7, 11) is 0. The maximum Gasteiger partial charge on any atom is 0.233 e. The Labute approximate surface area is 181 Å². The molecule has 2 bridgehead atoms. The van der Waals surface area contributed by atoms with Crippen molar-refractivity contribution in [2.45, 2.75) is 70.4 Å². The summed E-state index contributed by atoms with van der Waals surface area (Å²) < 4.78 is 24.4. The zero-order chi connectivity index (χ0) is 20.9. The normalized spacial score (nSPS) is 44.9. The highest BCUT2D eigenvalue weighted by atomic mass is 35.5. The monoisotopic (exact) mass is 440 g/mol. The van der Waals surface area contributed by atoms with Crippen molar-refractivity contribution < 1.29 is 28.7 Å². The van der Waals surface area contributed by atoms with Crippen molar-refractivity contribution in [2.75, 3.05) is 13.2 Å². The van der Waals surface area contributed by atoms with Crippen LogP contribution in [0.1, 0.15) is 46.5 Å². The molecule has 9 heteroatoms. The van der Waals surface area contributed by atoms with Crippen LogP contribution in [0, 0.1) is 23.7 Å². The van der Waals surface area contributed by atoms with Gasteiger partial charge in [-0.15, -0.1) is 10.2 Å². The molecule has 8 nitrogen and oxygen atoms in total. The molecular weight excluding hydrogens is 412 g/mol. The van der Waals surface area contributed by atoms with Gasteiger partial charge in [-0.1, -0.05) is 25.4 Å². The van der Waals surface area contributed by atoms with Gasteiger partial charge in [-0.3, -0.25) is 0 Å². The van der Waals surface area contributed by atoms with E-state index in [1.165, 1.54) is 6.42 Å². The Hall–Kier alpha value is -1.03. The Kier molecular flexibility index (Phi) is 5.44. The smallest absolute Gasteiger partial charge is 0.233 e. The second-order valence-electron chi connectivity index (χ2n) is 9.19. The van der Waals surface area contributed by atoms with Crippen LogP contribution in [0.15, 0.2) is 12.1 Å². The Morgan fingerprint density at radius 3 is 2.77 bits per heavy atom. The molecule has 0 radical (unpaired) electrons. The summed E-state index contributed by atoms with van der Waals surface area (Å²) in [5.74, 6) is 0.902. The third kappa shape index (κ3) is 3.42. The predicted octanol–water partition coefficient (Wildman–Crippen LogP) is 3.73. The molecule has 5 heterocycles. The van der Waals surface area contributed by atoms with Crippen LogP contribution >= 0.6 is 11.6 Å². The molecule has 0 aromatic carbocycles. The van der Waals surface area contributed by atoms with Gasteiger partial charge in [0.1, 0.15) is 6.61 Å². The number of ether oxygens (including phenoxy) is 4. The van der Waals surface area contributed by atoms with E-state index in [-0.39, 0.29) is 11.8 Å². The molecule has 4 aliphatic heterocycles. The molecule has 1 saturated carbocycles. The van der Waals surface area contributed by atoms with Gasteiger partial charge in [0.25, 0.3) is 0 Å². The zero-order valence-corrected chi connectivity index (χ0v) is 18.3. The van der Waals surface area contributed by atoms with Gasteiger partial charge >= 0.3 is 0 Å². The summed E-state index contributed by atoms with van der Waals surface area (Å²) in [6.07, 6.45) is 3.12. The number of hydrogen-bond donors (Lipinski definition) is 0. The van der Waals surface area contributed by atoms with Crippen LogP contribution in [0.5, 0.6) is 5.88 Å². The number of rotatable bonds is 5. The Morgan fingerprint density at radius 1 is 1.10 bits per heavy atom. The van der Waals surface area contributed by atoms with E-state index in [9.17, 15) is 0 Å². The summed E-state index contributed by atoms with van der Waals surface area (Å²) >= 11 is 5.74. The van der Waals surface area contributed by atoms with E-state index in [1.807, 2.05) is 6.92 Å². The fourth-order valence-corrected chi connectivity index (χ4v) is 5.85. The molecule has 0 unspecified atom stereocenters. The van der Waals surface area contributed by atoms with Crippen molar-refractivity contribution in [1.29, 1.82) is 0 Å². The number of nitrogens with zero attached hydrogens (tertiary/aromatic N) is 2. The molecule has 6 rings (SSSR count). The standard InChI is InChI=1S/C21H29ClN2O6/c1-12-4-5-15-13(2)18(26-11-10-25-17-7-6-16(22)23-24-17)27-19-21(15)14(12)8-9-20(3,28-19)29-30-21/h6-7,12-15,18-19H,4-5,8-11H2,1-3H3/t12-,13-,14+,15+,18-,19-,20-,21-/m1/s1. The minimum Gasteiger partial charge on any atom is -0.474 e. The number of fused-ring (bicyclic) bond motifs is 2. The van der Waals surface area contributed by atoms with Crippen LogP contribution in [-0.2, 0) is 24.0 Å². The van der Waals surface area contributed by atoms with E-state index in [0.717, 1.165) is 19.3 Å². The minimum absolute atomic E-state index is 0.140. The molecule has 4 saturated heterocycles. The average Bonchev–Trinajstić information content (AvgIpc) is 2.96. The number of halogens is 1. The summed E-state index contributed by atoms with van der Waals surface area (Å²) in [5, 5.41) is 7.97. The van der Waals surface area contributed by atoms with Gasteiger partial charge in [0.15, 0.2) is 23.3 Å². The van der Waals surface area contributed by atoms with Crippen molar-refractivity contribution in [1.82, 2.24) is 10.2 Å². The highest BCUT2D eigenvalue weighted by Crippen LogP contribution is 2.60. The lowest BCUT2D eigenvalue weighted by Gasteiger charge is -2.60. The quantitative estimate of drug-likeness (QED) is 0.506. The molecule has 5 fully saturated rings. The van der Waals surface area contributed by atoms with E-state index in [0.29, 0.717) is 36.1 Å². The highest BCUT2D eigenvalue weighted by Gasteiger charge is 2.69. The zero-order valence-electron chi connectivity index (χ0n) is 17.6. The summed E-state index contributed by atoms with van der Waals surface area (Å²) in [4.78, 5) is 12.0. The first kappa shape index (κ1) is 20.8. The lowest BCUT2D eigenvalue weighted by Crippen LogP contribution is -2.70. The van der Waals surface area contributed by atoms with E-state index >= 15 is 0 Å². The highest BCUT2D eigenvalue weighted by molar-refractivity contribution is 6.29. The van der Waals surface area contributed by atoms with E-state index in [2.05, 4.69) is 24.0 Å². The first-order valence-corrected chi connectivity index (χ1v) is 11.2. The van der Waals surface area contributed by atoms with Crippen LogP contribution in [-0.4, -0.2) is 47.4 Å². The van der Waals surface area contributed by atoms with E-state index in [4.69, 9.17) is 40.3 Å². The lowest BCUT2D eigenvalue weighted by molar-refractivity contribution is -0.577. The summed E-state index contributed by atoms with van der Waals surface area (Å²) in [5.41, 5.74) is -0.567. The van der Waals surface area contributed by atoms with Gasteiger partial charge in [-0.05, 0) is 44.1 Å². The fraction of sp³-hybridized carbons (Fsp3) is 0.810. The second-order valence-corrected chi connectivity index (χ2v) is 9.57. The SMILES string of the molecule is C[C@H]1[C@H](OCCOc2ccc(Cl)nn2)O[C@@H]2O[C@@]3(C)CC[C@H]4[C@H](C)CC[C@@H]1[C@@]24OO3. The van der Waals surface area contributed by atoms with Crippen LogP contribution in [0.3, 0.4) is 0 Å². The Morgan fingerprint density at radius 2 is 1.97 bits per heavy atom. The van der Waals surface area contributed by atoms with E-state index in [1.54, 1.807) is 12.1 Å². The van der Waals surface area contributed by atoms with Crippen molar-refractivity contribution >= 4 is 11.6 Å². The number of hydrogen-bond acceptors (Lipinski definition) is 8. The largest absolute Gasteiger partial charge is 0.474 e. The molecule has 30 heavy (non-hydrogen) atoms. The average molecular weight is 441 g/mol. The van der Waals surface area contributed by atoms with Gasteiger partial charge in [0.05, 0.1) is 6.61 Å². The molecule has 8 atom stereocenters. The maximum absolute atomic E-state index is 6.37. The fourth-order valence-electron chi connectivity index (χ4n) is 5.75. The molecule has 0 N–H and O–H groups in total. The van der Waals surface area contributed by atoms with Crippen LogP contribution in [0.4, 0.5) is 0 Å². The molecular formula is C21H29ClN2O6. The first-order chi connectivity index (χ1) is 14.4. The van der Waals surface area contributed by atoms with Gasteiger partial charge in [-0.2, -0.15) is 0 Å². The van der Waals surface area contributed by atoms with Crippen LogP contribution in [0.25, 0.3) is 0 Å². The maximum atomic E-state index is 6.37. The number of aromatic nitrogens is 2. The van der Waals surface area contributed by atoms with Crippen LogP contribution in [0.2, 0.25) is 5.15 Å². The summed E-state index contributed by atoms with van der Waals surface area (Å²) in [6.45, 7) is 7.10. The second kappa shape index (κ2) is 7.83. The predicted molar refractivity (Wildman–Crippen MR) is 105 cm³/mol.